The monoisotopic (exact) mass is 307 g/mol. The van der Waals surface area contributed by atoms with Gasteiger partial charge in [-0.05, 0) is 43.2 Å². The number of nitrogens with one attached hydrogen (secondary N) is 1. The predicted octanol–water partition coefficient (Wildman–Crippen LogP) is 3.46. The van der Waals surface area contributed by atoms with Gasteiger partial charge in [-0.15, -0.1) is 0 Å². The Balaban J connectivity index is 2.23. The molecule has 0 bridgehead atoms. The average Bonchev–Trinajstić information content (AvgIpc) is 2.38. The molecule has 0 saturated heterocycles. The minimum Gasteiger partial charge on any atom is -0.379 e. The summed E-state index contributed by atoms with van der Waals surface area (Å²) in [5, 5.41) is 2.96. The molecule has 2 rings (SSSR count). The van der Waals surface area contributed by atoms with Crippen LogP contribution in [-0.4, -0.2) is 14.7 Å². The lowest BCUT2D eigenvalue weighted by atomic mass is 10.1. The molecule has 0 aliphatic heterocycles. The van der Waals surface area contributed by atoms with E-state index in [-0.39, 0.29) is 10.6 Å². The zero-order chi connectivity index (χ0) is 15.6. The molecule has 21 heavy (non-hydrogen) atoms. The van der Waals surface area contributed by atoms with E-state index in [1.54, 1.807) is 0 Å². The van der Waals surface area contributed by atoms with Crippen LogP contribution in [0.5, 0.6) is 0 Å². The van der Waals surface area contributed by atoms with E-state index in [0.29, 0.717) is 6.54 Å². The Morgan fingerprint density at radius 2 is 1.81 bits per heavy atom. The fourth-order valence-electron chi connectivity index (χ4n) is 2.11. The first-order valence-electron chi connectivity index (χ1n) is 6.57. The molecule has 112 valence electrons. The standard InChI is InChI=1S/C16H18FNO2S/c1-11-4-5-13(12(2)8-11)10-18-16-9-14(21(3,19)20)6-7-15(16)17/h4-9,18H,10H2,1-3H3. The van der Waals surface area contributed by atoms with Gasteiger partial charge in [-0.3, -0.25) is 0 Å². The van der Waals surface area contributed by atoms with Crippen molar-refractivity contribution in [3.05, 3.63) is 58.9 Å². The van der Waals surface area contributed by atoms with E-state index in [4.69, 9.17) is 0 Å². The Bertz CT molecular complexity index is 770. The van der Waals surface area contributed by atoms with Gasteiger partial charge >= 0.3 is 0 Å². The Kier molecular flexibility index (Phi) is 4.32. The second-order valence-electron chi connectivity index (χ2n) is 5.20. The summed E-state index contributed by atoms with van der Waals surface area (Å²) in [4.78, 5) is 0.104. The molecule has 0 spiro atoms. The molecule has 2 aromatic rings. The van der Waals surface area contributed by atoms with Crippen LogP contribution in [0.25, 0.3) is 0 Å². The molecule has 0 amide bonds. The fraction of sp³-hybridized carbons (Fsp3) is 0.250. The number of aryl methyl sites for hydroxylation is 2. The largest absolute Gasteiger partial charge is 0.379 e. The first kappa shape index (κ1) is 15.5. The molecule has 1 N–H and O–H groups in total. The van der Waals surface area contributed by atoms with E-state index >= 15 is 0 Å². The van der Waals surface area contributed by atoms with E-state index in [0.717, 1.165) is 17.4 Å². The van der Waals surface area contributed by atoms with Gasteiger partial charge in [-0.1, -0.05) is 23.8 Å². The van der Waals surface area contributed by atoms with E-state index in [1.165, 1.54) is 23.8 Å². The second-order valence-corrected chi connectivity index (χ2v) is 7.21. The van der Waals surface area contributed by atoms with Crippen molar-refractivity contribution in [2.24, 2.45) is 0 Å². The van der Waals surface area contributed by atoms with E-state index in [9.17, 15) is 12.8 Å². The minimum atomic E-state index is -3.35. The molecule has 0 atom stereocenters. The van der Waals surface area contributed by atoms with Crippen LogP contribution in [0.2, 0.25) is 0 Å². The Morgan fingerprint density at radius 1 is 1.10 bits per heavy atom. The first-order chi connectivity index (χ1) is 9.77. The van der Waals surface area contributed by atoms with Gasteiger partial charge < -0.3 is 5.32 Å². The van der Waals surface area contributed by atoms with Crippen LogP contribution >= 0.6 is 0 Å². The Labute approximate surface area is 124 Å². The number of hydrogen-bond donors (Lipinski definition) is 1. The van der Waals surface area contributed by atoms with Gasteiger partial charge in [-0.2, -0.15) is 0 Å². The zero-order valence-corrected chi connectivity index (χ0v) is 13.1. The van der Waals surface area contributed by atoms with E-state index in [1.807, 2.05) is 26.0 Å². The highest BCUT2D eigenvalue weighted by atomic mass is 32.2. The van der Waals surface area contributed by atoms with Crippen molar-refractivity contribution in [1.82, 2.24) is 0 Å². The molecule has 0 aliphatic carbocycles. The Morgan fingerprint density at radius 3 is 2.43 bits per heavy atom. The van der Waals surface area contributed by atoms with Gasteiger partial charge in [-0.25, -0.2) is 12.8 Å². The highest BCUT2D eigenvalue weighted by Crippen LogP contribution is 2.21. The third kappa shape index (κ3) is 3.82. The second kappa shape index (κ2) is 5.85. The smallest absolute Gasteiger partial charge is 0.175 e. The fourth-order valence-corrected chi connectivity index (χ4v) is 2.75. The summed E-state index contributed by atoms with van der Waals surface area (Å²) < 4.78 is 36.8. The van der Waals surface area contributed by atoms with Gasteiger partial charge in [0, 0.05) is 12.8 Å². The van der Waals surface area contributed by atoms with Crippen LogP contribution < -0.4 is 5.32 Å². The van der Waals surface area contributed by atoms with Crippen molar-refractivity contribution in [2.45, 2.75) is 25.3 Å². The highest BCUT2D eigenvalue weighted by molar-refractivity contribution is 7.90. The van der Waals surface area contributed by atoms with E-state index < -0.39 is 15.7 Å². The number of hydrogen-bond acceptors (Lipinski definition) is 3. The third-order valence-electron chi connectivity index (χ3n) is 3.33. The van der Waals surface area contributed by atoms with Gasteiger partial charge in [0.1, 0.15) is 5.82 Å². The molecule has 0 heterocycles. The van der Waals surface area contributed by atoms with Crippen LogP contribution in [0.15, 0.2) is 41.3 Å². The molecule has 0 aromatic heterocycles. The maximum atomic E-state index is 13.8. The topological polar surface area (TPSA) is 46.2 Å². The van der Waals surface area contributed by atoms with Crippen molar-refractivity contribution in [3.63, 3.8) is 0 Å². The zero-order valence-electron chi connectivity index (χ0n) is 12.3. The number of anilines is 1. The average molecular weight is 307 g/mol. The minimum absolute atomic E-state index is 0.104. The molecule has 3 nitrogen and oxygen atoms in total. The molecule has 0 aliphatic rings. The van der Waals surface area contributed by atoms with Crippen LogP contribution in [-0.2, 0) is 16.4 Å². The molecule has 0 saturated carbocycles. The summed E-state index contributed by atoms with van der Waals surface area (Å²) in [5.41, 5.74) is 3.52. The maximum Gasteiger partial charge on any atom is 0.175 e. The van der Waals surface area contributed by atoms with Gasteiger partial charge in [0.2, 0.25) is 0 Å². The number of sulfone groups is 1. The predicted molar refractivity (Wildman–Crippen MR) is 82.8 cm³/mol. The molecule has 2 aromatic carbocycles. The van der Waals surface area contributed by atoms with Gasteiger partial charge in [0.05, 0.1) is 10.6 Å². The molecule has 0 radical (unpaired) electrons. The summed E-state index contributed by atoms with van der Waals surface area (Å²) in [6, 6.07) is 9.80. The molecule has 0 fully saturated rings. The SMILES string of the molecule is Cc1ccc(CNc2cc(S(C)(=O)=O)ccc2F)c(C)c1. The van der Waals surface area contributed by atoms with Gasteiger partial charge in [0.15, 0.2) is 9.84 Å². The summed E-state index contributed by atoms with van der Waals surface area (Å²) in [7, 11) is -3.35. The van der Waals surface area contributed by atoms with Crippen LogP contribution in [0, 0.1) is 19.7 Å². The lowest BCUT2D eigenvalue weighted by molar-refractivity contribution is 0.600. The molecule has 5 heteroatoms. The van der Waals surface area contributed by atoms with Crippen LogP contribution in [0.3, 0.4) is 0 Å². The Hall–Kier alpha value is -1.88. The van der Waals surface area contributed by atoms with Crippen LogP contribution in [0.4, 0.5) is 10.1 Å². The summed E-state index contributed by atoms with van der Waals surface area (Å²) in [5.74, 6) is -0.466. The molecule has 0 unspecified atom stereocenters. The number of benzene rings is 2. The maximum absolute atomic E-state index is 13.8. The van der Waals surface area contributed by atoms with Crippen molar-refractivity contribution in [3.8, 4) is 0 Å². The highest BCUT2D eigenvalue weighted by Gasteiger charge is 2.11. The third-order valence-corrected chi connectivity index (χ3v) is 4.44. The number of rotatable bonds is 4. The van der Waals surface area contributed by atoms with Crippen molar-refractivity contribution in [1.29, 1.82) is 0 Å². The summed E-state index contributed by atoms with van der Waals surface area (Å²) >= 11 is 0. The van der Waals surface area contributed by atoms with Crippen LogP contribution in [0.1, 0.15) is 16.7 Å². The lowest BCUT2D eigenvalue weighted by Gasteiger charge is -2.11. The number of halogens is 1. The quantitative estimate of drug-likeness (QED) is 0.880. The van der Waals surface area contributed by atoms with Crippen molar-refractivity contribution in [2.75, 3.05) is 11.6 Å². The first-order valence-corrected chi connectivity index (χ1v) is 8.46. The van der Waals surface area contributed by atoms with Crippen molar-refractivity contribution >= 4 is 15.5 Å². The normalized spacial score (nSPS) is 11.4. The van der Waals surface area contributed by atoms with Crippen molar-refractivity contribution < 1.29 is 12.8 Å². The molecular formula is C16H18FNO2S. The van der Waals surface area contributed by atoms with Gasteiger partial charge in [0.25, 0.3) is 0 Å². The lowest BCUT2D eigenvalue weighted by Crippen LogP contribution is -2.05. The van der Waals surface area contributed by atoms with E-state index in [2.05, 4.69) is 11.4 Å². The molecular weight excluding hydrogens is 289 g/mol. The summed E-state index contributed by atoms with van der Waals surface area (Å²) in [6.45, 7) is 4.45. The summed E-state index contributed by atoms with van der Waals surface area (Å²) in [6.07, 6.45) is 1.11.